The molecule has 84 valence electrons. The molecule has 6 heteroatoms. The highest BCUT2D eigenvalue weighted by Gasteiger charge is 2.04. The molecule has 0 aliphatic rings. The summed E-state index contributed by atoms with van der Waals surface area (Å²) in [5, 5.41) is 16.9. The molecule has 0 radical (unpaired) electrons. The zero-order valence-corrected chi connectivity index (χ0v) is 7.99. The molecular weight excluding hydrogens is 216 g/mol. The monoisotopic (exact) mass is 224 g/mol. The van der Waals surface area contributed by atoms with Gasteiger partial charge in [0.05, 0.1) is 11.1 Å². The minimum absolute atomic E-state index is 0.0833. The van der Waals surface area contributed by atoms with Crippen LogP contribution in [0.15, 0.2) is 24.3 Å². The molecule has 0 fully saturated rings. The Morgan fingerprint density at radius 3 is 1.19 bits per heavy atom. The summed E-state index contributed by atoms with van der Waals surface area (Å²) in [4.78, 5) is 38.3. The SMILES string of the molecule is O=C(O)c1ccc(C(=O)O)cc1.O=CC=O. The van der Waals surface area contributed by atoms with Gasteiger partial charge in [-0.15, -0.1) is 0 Å². The van der Waals surface area contributed by atoms with Crippen LogP contribution in [0.5, 0.6) is 0 Å². The van der Waals surface area contributed by atoms with Gasteiger partial charge in [0.15, 0.2) is 12.6 Å². The van der Waals surface area contributed by atoms with Gasteiger partial charge >= 0.3 is 11.9 Å². The molecule has 1 rings (SSSR count). The molecule has 1 aromatic rings. The summed E-state index contributed by atoms with van der Waals surface area (Å²) in [5.41, 5.74) is 0.167. The Morgan fingerprint density at radius 2 is 1.06 bits per heavy atom. The zero-order valence-electron chi connectivity index (χ0n) is 7.99. The molecular formula is C10H8O6. The molecule has 0 saturated heterocycles. The predicted molar refractivity (Wildman–Crippen MR) is 52.5 cm³/mol. The van der Waals surface area contributed by atoms with E-state index in [4.69, 9.17) is 19.8 Å². The fraction of sp³-hybridized carbons (Fsp3) is 0. The minimum Gasteiger partial charge on any atom is -0.478 e. The molecule has 1 aromatic carbocycles. The fourth-order valence-electron chi connectivity index (χ4n) is 0.755. The van der Waals surface area contributed by atoms with Gasteiger partial charge in [0, 0.05) is 0 Å². The number of hydrogen-bond acceptors (Lipinski definition) is 4. The van der Waals surface area contributed by atoms with E-state index >= 15 is 0 Å². The van der Waals surface area contributed by atoms with E-state index < -0.39 is 11.9 Å². The Balaban J connectivity index is 0.000000487. The summed E-state index contributed by atoms with van der Waals surface area (Å²) in [6.45, 7) is 0. The molecule has 0 aliphatic carbocycles. The van der Waals surface area contributed by atoms with Crippen molar-refractivity contribution < 1.29 is 29.4 Å². The first-order valence-corrected chi connectivity index (χ1v) is 3.98. The highest BCUT2D eigenvalue weighted by Crippen LogP contribution is 2.03. The van der Waals surface area contributed by atoms with Gasteiger partial charge in [-0.05, 0) is 24.3 Å². The number of aldehydes is 2. The number of carbonyl (C=O) groups excluding carboxylic acids is 2. The topological polar surface area (TPSA) is 109 Å². The van der Waals surface area contributed by atoms with Crippen LogP contribution >= 0.6 is 0 Å². The lowest BCUT2D eigenvalue weighted by Gasteiger charge is -1.94. The molecule has 0 amide bonds. The average molecular weight is 224 g/mol. The third kappa shape index (κ3) is 4.66. The summed E-state index contributed by atoms with van der Waals surface area (Å²) in [5.74, 6) is -2.13. The second-order valence-electron chi connectivity index (χ2n) is 2.46. The van der Waals surface area contributed by atoms with E-state index in [0.29, 0.717) is 0 Å². The van der Waals surface area contributed by atoms with Gasteiger partial charge in [-0.25, -0.2) is 9.59 Å². The maximum Gasteiger partial charge on any atom is 0.335 e. The van der Waals surface area contributed by atoms with Crippen LogP contribution < -0.4 is 0 Å². The molecule has 0 atom stereocenters. The van der Waals surface area contributed by atoms with Crippen LogP contribution in [0.1, 0.15) is 20.7 Å². The van der Waals surface area contributed by atoms with Crippen molar-refractivity contribution in [1.82, 2.24) is 0 Å². The summed E-state index contributed by atoms with van der Waals surface area (Å²) < 4.78 is 0. The molecule has 0 heterocycles. The smallest absolute Gasteiger partial charge is 0.335 e. The largest absolute Gasteiger partial charge is 0.478 e. The van der Waals surface area contributed by atoms with Crippen LogP contribution in [0, 0.1) is 0 Å². The van der Waals surface area contributed by atoms with Crippen molar-refractivity contribution in [2.24, 2.45) is 0 Å². The van der Waals surface area contributed by atoms with Crippen LogP contribution in [0.2, 0.25) is 0 Å². The van der Waals surface area contributed by atoms with Gasteiger partial charge in [-0.3, -0.25) is 9.59 Å². The van der Waals surface area contributed by atoms with E-state index in [1.807, 2.05) is 0 Å². The maximum atomic E-state index is 10.3. The predicted octanol–water partition coefficient (Wildman–Crippen LogP) is 0.467. The van der Waals surface area contributed by atoms with Crippen LogP contribution in [0.3, 0.4) is 0 Å². The first-order chi connectivity index (χ1) is 7.52. The van der Waals surface area contributed by atoms with Crippen molar-refractivity contribution in [3.63, 3.8) is 0 Å². The number of aromatic carboxylic acids is 2. The average Bonchev–Trinajstić information content (AvgIpc) is 2.29. The molecule has 2 N–H and O–H groups in total. The lowest BCUT2D eigenvalue weighted by atomic mass is 10.1. The Hall–Kier alpha value is -2.50. The summed E-state index contributed by atoms with van der Waals surface area (Å²) >= 11 is 0. The second-order valence-corrected chi connectivity index (χ2v) is 2.46. The van der Waals surface area contributed by atoms with Crippen molar-refractivity contribution in [3.05, 3.63) is 35.4 Å². The lowest BCUT2D eigenvalue weighted by molar-refractivity contribution is -0.122. The third-order valence-corrected chi connectivity index (χ3v) is 1.43. The number of rotatable bonds is 3. The molecule has 0 unspecified atom stereocenters. The number of hydrogen-bond donors (Lipinski definition) is 2. The quantitative estimate of drug-likeness (QED) is 0.570. The molecule has 16 heavy (non-hydrogen) atoms. The molecule has 0 bridgehead atoms. The molecule has 0 saturated carbocycles. The van der Waals surface area contributed by atoms with Gasteiger partial charge < -0.3 is 10.2 Å². The number of carbonyl (C=O) groups is 4. The Kier molecular flexibility index (Phi) is 5.81. The highest BCUT2D eigenvalue weighted by molar-refractivity contribution is 6.09. The van der Waals surface area contributed by atoms with Crippen LogP contribution in [0.4, 0.5) is 0 Å². The number of benzene rings is 1. The lowest BCUT2D eigenvalue weighted by Crippen LogP contribution is -1.99. The van der Waals surface area contributed by atoms with E-state index in [0.717, 1.165) is 0 Å². The zero-order chi connectivity index (χ0) is 12.6. The molecule has 0 aromatic heterocycles. The van der Waals surface area contributed by atoms with E-state index in [2.05, 4.69) is 0 Å². The molecule has 0 spiro atoms. The first kappa shape index (κ1) is 13.5. The minimum atomic E-state index is -1.06. The van der Waals surface area contributed by atoms with Gasteiger partial charge in [0.2, 0.25) is 0 Å². The van der Waals surface area contributed by atoms with Crippen molar-refractivity contribution in [3.8, 4) is 0 Å². The van der Waals surface area contributed by atoms with Gasteiger partial charge in [0.25, 0.3) is 0 Å². The molecule has 6 nitrogen and oxygen atoms in total. The Morgan fingerprint density at radius 1 is 0.812 bits per heavy atom. The van der Waals surface area contributed by atoms with Crippen LogP contribution in [-0.4, -0.2) is 34.7 Å². The number of carboxylic acid groups (broad SMARTS) is 2. The van der Waals surface area contributed by atoms with Gasteiger partial charge in [0.1, 0.15) is 0 Å². The fourth-order valence-corrected chi connectivity index (χ4v) is 0.755. The first-order valence-electron chi connectivity index (χ1n) is 3.98. The van der Waals surface area contributed by atoms with Gasteiger partial charge in [-0.1, -0.05) is 0 Å². The standard InChI is InChI=1S/C8H6O4.C2H2O2/c9-7(10)5-1-2-6(4-3-5)8(11)12;3-1-2-4/h1-4H,(H,9,10)(H,11,12);1-2H. The summed E-state index contributed by atoms with van der Waals surface area (Å²) in [6.07, 6.45) is 0.389. The van der Waals surface area contributed by atoms with Gasteiger partial charge in [-0.2, -0.15) is 0 Å². The van der Waals surface area contributed by atoms with E-state index in [1.54, 1.807) is 0 Å². The Labute approximate surface area is 90.1 Å². The van der Waals surface area contributed by atoms with E-state index in [9.17, 15) is 9.59 Å². The van der Waals surface area contributed by atoms with Crippen molar-refractivity contribution in [1.29, 1.82) is 0 Å². The normalized spacial score (nSPS) is 8.25. The van der Waals surface area contributed by atoms with Crippen molar-refractivity contribution >= 4 is 24.5 Å². The van der Waals surface area contributed by atoms with Crippen molar-refractivity contribution in [2.75, 3.05) is 0 Å². The third-order valence-electron chi connectivity index (χ3n) is 1.43. The summed E-state index contributed by atoms with van der Waals surface area (Å²) in [6, 6.07) is 5.02. The van der Waals surface area contributed by atoms with Crippen LogP contribution in [0.25, 0.3) is 0 Å². The highest BCUT2D eigenvalue weighted by atomic mass is 16.4. The maximum absolute atomic E-state index is 10.3. The van der Waals surface area contributed by atoms with E-state index in [-0.39, 0.29) is 23.7 Å². The second kappa shape index (κ2) is 6.88. The van der Waals surface area contributed by atoms with Crippen LogP contribution in [-0.2, 0) is 9.59 Å². The number of carboxylic acids is 2. The molecule has 0 aliphatic heterocycles. The Bertz CT molecular complexity index is 353. The van der Waals surface area contributed by atoms with Crippen molar-refractivity contribution in [2.45, 2.75) is 0 Å². The summed E-state index contributed by atoms with van der Waals surface area (Å²) in [7, 11) is 0. The van der Waals surface area contributed by atoms with E-state index in [1.165, 1.54) is 24.3 Å².